The normalized spacial score (nSPS) is 13.3. The van der Waals surface area contributed by atoms with E-state index in [0.717, 1.165) is 18.5 Å². The number of hydrogen-bond acceptors (Lipinski definition) is 4. The molecule has 0 saturated heterocycles. The van der Waals surface area contributed by atoms with E-state index < -0.39 is 0 Å². The van der Waals surface area contributed by atoms with E-state index in [4.69, 9.17) is 11.6 Å². The number of carbonyl (C=O) groups excluding carboxylic acids is 1. The predicted molar refractivity (Wildman–Crippen MR) is 119 cm³/mol. The number of rotatable bonds is 5. The maximum Gasteiger partial charge on any atom is 0.262 e. The minimum atomic E-state index is -0.185. The van der Waals surface area contributed by atoms with Crippen LogP contribution >= 0.6 is 23.4 Å². The number of anilines is 1. The Kier molecular flexibility index (Phi) is 5.74. The summed E-state index contributed by atoms with van der Waals surface area (Å²) in [7, 11) is 0. The van der Waals surface area contributed by atoms with Gasteiger partial charge in [0.15, 0.2) is 5.16 Å². The summed E-state index contributed by atoms with van der Waals surface area (Å²) in [5.41, 5.74) is 2.56. The van der Waals surface area contributed by atoms with E-state index in [0.29, 0.717) is 34.2 Å². The number of fused-ring (bicyclic) bond motifs is 2. The standard InChI is InChI=1S/C22H20ClN3O2S/c1-2-11-26-21(28)17-13-16(23)9-10-18(17)24-22(26)29-14-20(27)25-12-5-7-15-6-3-4-8-19(15)25/h2-4,6,8-10,13H,1,5,7,11-12,14H2. The van der Waals surface area contributed by atoms with Gasteiger partial charge >= 0.3 is 0 Å². The lowest BCUT2D eigenvalue weighted by Crippen LogP contribution is -2.36. The highest BCUT2D eigenvalue weighted by molar-refractivity contribution is 7.99. The van der Waals surface area contributed by atoms with Crippen LogP contribution in [0, 0.1) is 0 Å². The first kappa shape index (κ1) is 19.7. The molecule has 0 aliphatic carbocycles. The molecule has 5 nitrogen and oxygen atoms in total. The van der Waals surface area contributed by atoms with Gasteiger partial charge in [-0.15, -0.1) is 6.58 Å². The third-order valence-electron chi connectivity index (χ3n) is 4.93. The van der Waals surface area contributed by atoms with Crippen LogP contribution in [0.2, 0.25) is 5.02 Å². The molecule has 2 aromatic carbocycles. The largest absolute Gasteiger partial charge is 0.311 e. The minimum Gasteiger partial charge on any atom is -0.311 e. The Labute approximate surface area is 178 Å². The van der Waals surface area contributed by atoms with Gasteiger partial charge in [-0.2, -0.15) is 0 Å². The number of thioether (sulfide) groups is 1. The summed E-state index contributed by atoms with van der Waals surface area (Å²) in [6, 6.07) is 13.1. The Balaban J connectivity index is 1.62. The summed E-state index contributed by atoms with van der Waals surface area (Å²) in [5.74, 6) is 0.217. The van der Waals surface area contributed by atoms with E-state index in [-0.39, 0.29) is 17.2 Å². The van der Waals surface area contributed by atoms with Crippen LogP contribution in [0.4, 0.5) is 5.69 Å². The molecule has 0 fully saturated rings. The maximum absolute atomic E-state index is 12.9. The van der Waals surface area contributed by atoms with Crippen LogP contribution in [0.5, 0.6) is 0 Å². The molecule has 1 amide bonds. The Morgan fingerprint density at radius 3 is 2.93 bits per heavy atom. The molecule has 4 rings (SSSR count). The van der Waals surface area contributed by atoms with E-state index in [1.165, 1.54) is 21.9 Å². The van der Waals surface area contributed by atoms with Gasteiger partial charge in [-0.1, -0.05) is 47.6 Å². The quantitative estimate of drug-likeness (QED) is 0.347. The highest BCUT2D eigenvalue weighted by Gasteiger charge is 2.23. The number of aromatic nitrogens is 2. The van der Waals surface area contributed by atoms with Crippen LogP contribution in [0.15, 0.2) is 65.1 Å². The lowest BCUT2D eigenvalue weighted by Gasteiger charge is -2.29. The van der Waals surface area contributed by atoms with Crippen molar-refractivity contribution in [2.75, 3.05) is 17.2 Å². The number of allylic oxidation sites excluding steroid dienone is 1. The van der Waals surface area contributed by atoms with Crippen molar-refractivity contribution in [3.63, 3.8) is 0 Å². The third kappa shape index (κ3) is 3.95. The van der Waals surface area contributed by atoms with Crippen molar-refractivity contribution >= 4 is 45.9 Å². The second-order valence-electron chi connectivity index (χ2n) is 6.83. The average molecular weight is 426 g/mol. The van der Waals surface area contributed by atoms with Crippen LogP contribution in [-0.2, 0) is 17.8 Å². The predicted octanol–water partition coefficient (Wildman–Crippen LogP) is 4.31. The zero-order valence-corrected chi connectivity index (χ0v) is 17.4. The Morgan fingerprint density at radius 2 is 2.10 bits per heavy atom. The molecule has 3 aromatic rings. The van der Waals surface area contributed by atoms with E-state index >= 15 is 0 Å². The number of nitrogens with zero attached hydrogens (tertiary/aromatic N) is 3. The molecule has 0 unspecified atom stereocenters. The molecule has 148 valence electrons. The fraction of sp³-hybridized carbons (Fsp3) is 0.227. The highest BCUT2D eigenvalue weighted by atomic mass is 35.5. The first-order valence-electron chi connectivity index (χ1n) is 9.40. The fourth-order valence-corrected chi connectivity index (χ4v) is 4.63. The maximum atomic E-state index is 12.9. The van der Waals surface area contributed by atoms with E-state index in [2.05, 4.69) is 17.6 Å². The van der Waals surface area contributed by atoms with Gasteiger partial charge in [-0.25, -0.2) is 4.98 Å². The van der Waals surface area contributed by atoms with Crippen molar-refractivity contribution < 1.29 is 4.79 Å². The molecule has 0 N–H and O–H groups in total. The van der Waals surface area contributed by atoms with Crippen LogP contribution in [0.25, 0.3) is 10.9 Å². The number of carbonyl (C=O) groups is 1. The van der Waals surface area contributed by atoms with Crippen molar-refractivity contribution in [3.8, 4) is 0 Å². The third-order valence-corrected chi connectivity index (χ3v) is 6.13. The molecule has 29 heavy (non-hydrogen) atoms. The molecule has 0 saturated carbocycles. The first-order valence-corrected chi connectivity index (χ1v) is 10.8. The second-order valence-corrected chi connectivity index (χ2v) is 8.21. The van der Waals surface area contributed by atoms with Gasteiger partial charge in [0.25, 0.3) is 5.56 Å². The van der Waals surface area contributed by atoms with Crippen LogP contribution in [-0.4, -0.2) is 27.8 Å². The number of hydrogen-bond donors (Lipinski definition) is 0. The SMILES string of the molecule is C=CCn1c(SCC(=O)N2CCCc3ccccc32)nc2ccc(Cl)cc2c1=O. The molecular formula is C22H20ClN3O2S. The minimum absolute atomic E-state index is 0.0118. The Bertz CT molecular complexity index is 1160. The fourth-order valence-electron chi connectivity index (χ4n) is 3.57. The number of para-hydroxylation sites is 1. The van der Waals surface area contributed by atoms with Gasteiger partial charge in [0.2, 0.25) is 5.91 Å². The molecule has 2 heterocycles. The van der Waals surface area contributed by atoms with Crippen LogP contribution < -0.4 is 10.5 Å². The lowest BCUT2D eigenvalue weighted by molar-refractivity contribution is -0.116. The van der Waals surface area contributed by atoms with E-state index in [1.807, 2.05) is 23.1 Å². The number of aryl methyl sites for hydroxylation is 1. The summed E-state index contributed by atoms with van der Waals surface area (Å²) in [6.07, 6.45) is 3.58. The summed E-state index contributed by atoms with van der Waals surface area (Å²) in [4.78, 5) is 32.3. The second kappa shape index (κ2) is 8.43. The molecule has 7 heteroatoms. The number of halogens is 1. The molecular weight excluding hydrogens is 406 g/mol. The summed E-state index contributed by atoms with van der Waals surface area (Å²) >= 11 is 7.31. The summed E-state index contributed by atoms with van der Waals surface area (Å²) in [5, 5.41) is 1.45. The molecule has 0 radical (unpaired) electrons. The summed E-state index contributed by atoms with van der Waals surface area (Å²) in [6.45, 7) is 4.76. The Morgan fingerprint density at radius 1 is 1.28 bits per heavy atom. The molecule has 1 aliphatic rings. The van der Waals surface area contributed by atoms with Crippen molar-refractivity contribution in [1.82, 2.24) is 9.55 Å². The molecule has 0 spiro atoms. The highest BCUT2D eigenvalue weighted by Crippen LogP contribution is 2.28. The first-order chi connectivity index (χ1) is 14.1. The van der Waals surface area contributed by atoms with Crippen LogP contribution in [0.3, 0.4) is 0 Å². The molecule has 1 aliphatic heterocycles. The van der Waals surface area contributed by atoms with Gasteiger partial charge in [-0.05, 0) is 42.7 Å². The van der Waals surface area contributed by atoms with Gasteiger partial charge < -0.3 is 4.90 Å². The average Bonchev–Trinajstić information content (AvgIpc) is 2.74. The van der Waals surface area contributed by atoms with Crippen molar-refractivity contribution in [2.45, 2.75) is 24.5 Å². The molecule has 1 aromatic heterocycles. The van der Waals surface area contributed by atoms with E-state index in [1.54, 1.807) is 24.3 Å². The zero-order chi connectivity index (χ0) is 20.4. The van der Waals surface area contributed by atoms with Crippen LogP contribution in [0.1, 0.15) is 12.0 Å². The number of benzene rings is 2. The van der Waals surface area contributed by atoms with Gasteiger partial charge in [0.1, 0.15) is 0 Å². The topological polar surface area (TPSA) is 55.2 Å². The molecule has 0 atom stereocenters. The monoisotopic (exact) mass is 425 g/mol. The van der Waals surface area contributed by atoms with Crippen molar-refractivity contribution in [3.05, 3.63) is 76.1 Å². The zero-order valence-electron chi connectivity index (χ0n) is 15.8. The van der Waals surface area contributed by atoms with Gasteiger partial charge in [0, 0.05) is 23.8 Å². The van der Waals surface area contributed by atoms with Gasteiger partial charge in [0.05, 0.1) is 16.7 Å². The number of amides is 1. The van der Waals surface area contributed by atoms with Crippen molar-refractivity contribution in [1.29, 1.82) is 0 Å². The van der Waals surface area contributed by atoms with Crippen molar-refractivity contribution in [2.24, 2.45) is 0 Å². The van der Waals surface area contributed by atoms with Gasteiger partial charge in [-0.3, -0.25) is 14.2 Å². The van der Waals surface area contributed by atoms with E-state index in [9.17, 15) is 9.59 Å². The summed E-state index contributed by atoms with van der Waals surface area (Å²) < 4.78 is 1.54. The lowest BCUT2D eigenvalue weighted by atomic mass is 10.0. The Hall–Kier alpha value is -2.57. The smallest absolute Gasteiger partial charge is 0.262 e. The molecule has 0 bridgehead atoms.